The number of carbonyl (C=O) groups excluding carboxylic acids is 1. The van der Waals surface area contributed by atoms with Crippen molar-refractivity contribution in [2.24, 2.45) is 0 Å². The zero-order chi connectivity index (χ0) is 19.5. The van der Waals surface area contributed by atoms with Gasteiger partial charge in [0.1, 0.15) is 12.2 Å². The number of anilines is 1. The molecule has 1 aliphatic rings. The number of methoxy groups -OCH3 is 1. The third-order valence-electron chi connectivity index (χ3n) is 4.54. The van der Waals surface area contributed by atoms with Gasteiger partial charge in [-0.1, -0.05) is 10.3 Å². The summed E-state index contributed by atoms with van der Waals surface area (Å²) in [6, 6.07) is 7.81. The molecule has 1 aromatic carbocycles. The lowest BCUT2D eigenvalue weighted by molar-refractivity contribution is -0.131. The second kappa shape index (κ2) is 7.67. The van der Waals surface area contributed by atoms with Crippen LogP contribution in [-0.4, -0.2) is 64.4 Å². The lowest BCUT2D eigenvalue weighted by atomic mass is 10.2. The normalized spacial score (nSPS) is 14.4. The molecule has 2 aromatic heterocycles. The summed E-state index contributed by atoms with van der Waals surface area (Å²) in [5.74, 6) is 1.97. The molecule has 4 rings (SSSR count). The summed E-state index contributed by atoms with van der Waals surface area (Å²) >= 11 is 0. The molecule has 0 bridgehead atoms. The van der Waals surface area contributed by atoms with Gasteiger partial charge in [0, 0.05) is 38.7 Å². The van der Waals surface area contributed by atoms with E-state index in [-0.39, 0.29) is 12.3 Å². The van der Waals surface area contributed by atoms with E-state index < -0.39 is 0 Å². The number of aryl methyl sites for hydroxylation is 1. The molecule has 0 unspecified atom stereocenters. The smallest absolute Gasteiger partial charge is 0.318 e. The van der Waals surface area contributed by atoms with Gasteiger partial charge in [-0.05, 0) is 24.3 Å². The maximum absolute atomic E-state index is 12.6. The van der Waals surface area contributed by atoms with E-state index in [1.807, 2.05) is 29.2 Å². The van der Waals surface area contributed by atoms with Crippen LogP contribution >= 0.6 is 0 Å². The average molecular weight is 384 g/mol. The lowest BCUT2D eigenvalue weighted by Crippen LogP contribution is -2.49. The molecule has 0 spiro atoms. The quantitative estimate of drug-likeness (QED) is 0.643. The first-order valence-electron chi connectivity index (χ1n) is 8.92. The van der Waals surface area contributed by atoms with Crippen LogP contribution in [-0.2, 0) is 11.2 Å². The lowest BCUT2D eigenvalue weighted by Gasteiger charge is -2.33. The van der Waals surface area contributed by atoms with Crippen LogP contribution in [0.15, 0.2) is 33.2 Å². The van der Waals surface area contributed by atoms with Crippen molar-refractivity contribution in [2.45, 2.75) is 13.3 Å². The number of benzene rings is 1. The van der Waals surface area contributed by atoms with Crippen molar-refractivity contribution in [1.82, 2.24) is 25.2 Å². The number of ether oxygens (including phenoxy) is 1. The van der Waals surface area contributed by atoms with Crippen LogP contribution in [0.1, 0.15) is 11.8 Å². The molecule has 0 atom stereocenters. The van der Waals surface area contributed by atoms with Crippen molar-refractivity contribution < 1.29 is 18.5 Å². The second-order valence-electron chi connectivity index (χ2n) is 6.39. The largest absolute Gasteiger partial charge is 0.497 e. The summed E-state index contributed by atoms with van der Waals surface area (Å²) in [6.45, 7) is 4.16. The third-order valence-corrected chi connectivity index (χ3v) is 4.54. The Hall–Kier alpha value is -3.43. The van der Waals surface area contributed by atoms with Gasteiger partial charge in [0.2, 0.25) is 23.5 Å². The van der Waals surface area contributed by atoms with Gasteiger partial charge < -0.3 is 23.5 Å². The van der Waals surface area contributed by atoms with Crippen molar-refractivity contribution >= 4 is 11.9 Å². The predicted molar refractivity (Wildman–Crippen MR) is 97.8 cm³/mol. The van der Waals surface area contributed by atoms with Crippen LogP contribution in [0.4, 0.5) is 6.01 Å². The minimum Gasteiger partial charge on any atom is -0.497 e. The zero-order valence-corrected chi connectivity index (χ0v) is 15.7. The Balaban J connectivity index is 1.33. The molecular weight excluding hydrogens is 364 g/mol. The molecule has 10 nitrogen and oxygen atoms in total. The van der Waals surface area contributed by atoms with Gasteiger partial charge in [-0.3, -0.25) is 4.79 Å². The number of amides is 1. The van der Waals surface area contributed by atoms with Crippen LogP contribution < -0.4 is 9.64 Å². The van der Waals surface area contributed by atoms with E-state index >= 15 is 0 Å². The molecule has 1 aliphatic heterocycles. The molecule has 146 valence electrons. The Morgan fingerprint density at radius 1 is 1.14 bits per heavy atom. The topological polar surface area (TPSA) is 111 Å². The van der Waals surface area contributed by atoms with Crippen LogP contribution in [0.25, 0.3) is 11.4 Å². The molecule has 28 heavy (non-hydrogen) atoms. The van der Waals surface area contributed by atoms with Gasteiger partial charge in [-0.25, -0.2) is 0 Å². The van der Waals surface area contributed by atoms with E-state index in [4.69, 9.17) is 13.7 Å². The van der Waals surface area contributed by atoms with Gasteiger partial charge in [-0.2, -0.15) is 4.98 Å². The molecule has 1 saturated heterocycles. The monoisotopic (exact) mass is 384 g/mol. The average Bonchev–Trinajstić information content (AvgIpc) is 3.37. The number of hydrogen-bond acceptors (Lipinski definition) is 9. The minimum atomic E-state index is -0.0497. The van der Waals surface area contributed by atoms with Gasteiger partial charge in [0.05, 0.1) is 7.11 Å². The molecule has 0 saturated carbocycles. The number of hydrogen-bond donors (Lipinski definition) is 0. The zero-order valence-electron chi connectivity index (χ0n) is 15.7. The second-order valence-corrected chi connectivity index (χ2v) is 6.39. The molecule has 1 amide bonds. The Morgan fingerprint density at radius 3 is 2.54 bits per heavy atom. The highest BCUT2D eigenvalue weighted by atomic mass is 16.5. The van der Waals surface area contributed by atoms with Gasteiger partial charge in [0.25, 0.3) is 0 Å². The van der Waals surface area contributed by atoms with Gasteiger partial charge in [0.15, 0.2) is 0 Å². The van der Waals surface area contributed by atoms with Crippen LogP contribution in [0, 0.1) is 6.92 Å². The summed E-state index contributed by atoms with van der Waals surface area (Å²) in [4.78, 5) is 20.6. The van der Waals surface area contributed by atoms with E-state index in [2.05, 4.69) is 20.3 Å². The van der Waals surface area contributed by atoms with Crippen LogP contribution in [0.3, 0.4) is 0 Å². The van der Waals surface area contributed by atoms with Crippen molar-refractivity contribution in [3.63, 3.8) is 0 Å². The van der Waals surface area contributed by atoms with Crippen LogP contribution in [0.5, 0.6) is 5.75 Å². The van der Waals surface area contributed by atoms with Crippen molar-refractivity contribution in [2.75, 3.05) is 38.2 Å². The maximum Gasteiger partial charge on any atom is 0.318 e. The van der Waals surface area contributed by atoms with E-state index in [9.17, 15) is 4.79 Å². The number of aromatic nitrogens is 4. The molecule has 1 fully saturated rings. The van der Waals surface area contributed by atoms with E-state index in [1.54, 1.807) is 18.9 Å². The number of nitrogens with zero attached hydrogens (tertiary/aromatic N) is 6. The summed E-state index contributed by atoms with van der Waals surface area (Å²) in [6.07, 6.45) is 0.0722. The number of carbonyl (C=O) groups is 1. The third kappa shape index (κ3) is 3.80. The van der Waals surface area contributed by atoms with E-state index in [1.165, 1.54) is 0 Å². The first-order valence-corrected chi connectivity index (χ1v) is 8.92. The summed E-state index contributed by atoms with van der Waals surface area (Å²) in [7, 11) is 1.61. The predicted octanol–water partition coefficient (Wildman–Crippen LogP) is 1.33. The van der Waals surface area contributed by atoms with Crippen molar-refractivity contribution in [3.05, 3.63) is 36.0 Å². The fraction of sp³-hybridized carbons (Fsp3) is 0.389. The van der Waals surface area contributed by atoms with E-state index in [0.29, 0.717) is 49.8 Å². The Kier molecular flexibility index (Phi) is 4.92. The standard InChI is InChI=1S/C18H20N6O4/c1-12-20-21-18(27-12)24-9-7-23(8-10-24)16(25)11-15-19-17(22-28-15)13-3-5-14(26-2)6-4-13/h3-6H,7-11H2,1-2H3. The highest BCUT2D eigenvalue weighted by Crippen LogP contribution is 2.20. The van der Waals surface area contributed by atoms with Crippen molar-refractivity contribution in [3.8, 4) is 17.1 Å². The molecule has 10 heteroatoms. The number of piperazine rings is 1. The highest BCUT2D eigenvalue weighted by molar-refractivity contribution is 5.78. The molecule has 0 aliphatic carbocycles. The molecule has 0 N–H and O–H groups in total. The molecule has 0 radical (unpaired) electrons. The highest BCUT2D eigenvalue weighted by Gasteiger charge is 2.25. The fourth-order valence-corrected chi connectivity index (χ4v) is 2.99. The number of rotatable bonds is 5. The summed E-state index contributed by atoms with van der Waals surface area (Å²) < 4.78 is 15.8. The molecule has 3 heterocycles. The summed E-state index contributed by atoms with van der Waals surface area (Å²) in [5.41, 5.74) is 0.798. The van der Waals surface area contributed by atoms with Crippen LogP contribution in [0.2, 0.25) is 0 Å². The Labute approximate surface area is 161 Å². The van der Waals surface area contributed by atoms with Crippen molar-refractivity contribution in [1.29, 1.82) is 0 Å². The Morgan fingerprint density at radius 2 is 1.89 bits per heavy atom. The Bertz CT molecular complexity index is 943. The summed E-state index contributed by atoms with van der Waals surface area (Å²) in [5, 5.41) is 11.8. The SMILES string of the molecule is COc1ccc(-c2noc(CC(=O)N3CCN(c4nnc(C)o4)CC3)n2)cc1. The van der Waals surface area contributed by atoms with Gasteiger partial charge >= 0.3 is 6.01 Å². The minimum absolute atomic E-state index is 0.0497. The van der Waals surface area contributed by atoms with E-state index in [0.717, 1.165) is 11.3 Å². The van der Waals surface area contributed by atoms with Gasteiger partial charge in [-0.15, -0.1) is 5.10 Å². The first-order chi connectivity index (χ1) is 13.6. The first kappa shape index (κ1) is 18.0. The maximum atomic E-state index is 12.6. The molecular formula is C18H20N6O4. The molecule has 3 aromatic rings. The fourth-order valence-electron chi connectivity index (χ4n) is 2.99.